The molecule has 0 radical (unpaired) electrons. The summed E-state index contributed by atoms with van der Waals surface area (Å²) in [6, 6.07) is 5.88. The van der Waals surface area contributed by atoms with Crippen molar-refractivity contribution in [2.24, 2.45) is 5.73 Å². The number of halogens is 1. The molecule has 0 bridgehead atoms. The fraction of sp³-hybridized carbons (Fsp3) is 0.400. The van der Waals surface area contributed by atoms with Gasteiger partial charge < -0.3 is 10.5 Å². The van der Waals surface area contributed by atoms with Gasteiger partial charge in [-0.25, -0.2) is 0 Å². The SMILES string of the molecule is COc1cc(C[C@H](C)N)ccc1Cl. The largest absolute Gasteiger partial charge is 0.495 e. The van der Waals surface area contributed by atoms with Crippen molar-refractivity contribution >= 4 is 11.6 Å². The smallest absolute Gasteiger partial charge is 0.137 e. The molecule has 72 valence electrons. The van der Waals surface area contributed by atoms with Crippen molar-refractivity contribution in [3.05, 3.63) is 28.8 Å². The first kappa shape index (κ1) is 10.4. The first-order valence-corrected chi connectivity index (χ1v) is 4.59. The van der Waals surface area contributed by atoms with Crippen molar-refractivity contribution in [2.45, 2.75) is 19.4 Å². The summed E-state index contributed by atoms with van der Waals surface area (Å²) >= 11 is 5.88. The lowest BCUT2D eigenvalue weighted by molar-refractivity contribution is 0.414. The number of rotatable bonds is 3. The minimum absolute atomic E-state index is 0.158. The van der Waals surface area contributed by atoms with Crippen molar-refractivity contribution in [3.63, 3.8) is 0 Å². The van der Waals surface area contributed by atoms with Gasteiger partial charge >= 0.3 is 0 Å². The Kier molecular flexibility index (Phi) is 3.58. The quantitative estimate of drug-likeness (QED) is 0.811. The topological polar surface area (TPSA) is 35.2 Å². The zero-order valence-corrected chi connectivity index (χ0v) is 8.64. The second kappa shape index (κ2) is 4.49. The monoisotopic (exact) mass is 199 g/mol. The molecule has 1 rings (SSSR count). The summed E-state index contributed by atoms with van der Waals surface area (Å²) in [5.41, 5.74) is 6.83. The summed E-state index contributed by atoms with van der Waals surface area (Å²) in [5, 5.41) is 0.635. The van der Waals surface area contributed by atoms with Gasteiger partial charge in [-0.05, 0) is 31.0 Å². The summed E-state index contributed by atoms with van der Waals surface area (Å²) in [6.45, 7) is 1.97. The van der Waals surface area contributed by atoms with E-state index in [1.807, 2.05) is 25.1 Å². The van der Waals surface area contributed by atoms with Gasteiger partial charge in [0.15, 0.2) is 0 Å². The van der Waals surface area contributed by atoms with Crippen LogP contribution in [0.25, 0.3) is 0 Å². The number of hydrogen-bond acceptors (Lipinski definition) is 2. The first-order valence-electron chi connectivity index (χ1n) is 4.21. The van der Waals surface area contributed by atoms with Crippen LogP contribution in [-0.2, 0) is 6.42 Å². The first-order chi connectivity index (χ1) is 6.13. The number of nitrogens with two attached hydrogens (primary N) is 1. The van der Waals surface area contributed by atoms with Crippen LogP contribution in [0.15, 0.2) is 18.2 Å². The highest BCUT2D eigenvalue weighted by Gasteiger charge is 2.03. The average Bonchev–Trinajstić information content (AvgIpc) is 2.07. The van der Waals surface area contributed by atoms with Gasteiger partial charge in [-0.2, -0.15) is 0 Å². The fourth-order valence-corrected chi connectivity index (χ4v) is 1.40. The molecule has 0 unspecified atom stereocenters. The molecular formula is C10H14ClNO. The standard InChI is InChI=1S/C10H14ClNO/c1-7(12)5-8-3-4-9(11)10(6-8)13-2/h3-4,6-7H,5,12H2,1-2H3/t7-/m0/s1. The molecule has 0 heterocycles. The molecule has 2 nitrogen and oxygen atoms in total. The number of benzene rings is 1. The summed E-state index contributed by atoms with van der Waals surface area (Å²) in [6.07, 6.45) is 0.841. The maximum absolute atomic E-state index is 5.88. The van der Waals surface area contributed by atoms with Crippen LogP contribution in [0.4, 0.5) is 0 Å². The van der Waals surface area contributed by atoms with E-state index < -0.39 is 0 Å². The normalized spacial score (nSPS) is 12.6. The lowest BCUT2D eigenvalue weighted by atomic mass is 10.1. The maximum atomic E-state index is 5.88. The molecule has 0 fully saturated rings. The van der Waals surface area contributed by atoms with Crippen LogP contribution < -0.4 is 10.5 Å². The van der Waals surface area contributed by atoms with E-state index in [0.29, 0.717) is 10.8 Å². The van der Waals surface area contributed by atoms with Gasteiger partial charge in [0.2, 0.25) is 0 Å². The van der Waals surface area contributed by atoms with E-state index in [2.05, 4.69) is 0 Å². The zero-order chi connectivity index (χ0) is 9.84. The third kappa shape index (κ3) is 2.90. The molecule has 0 saturated heterocycles. The molecule has 2 N–H and O–H groups in total. The van der Waals surface area contributed by atoms with Crippen LogP contribution in [0, 0.1) is 0 Å². The predicted molar refractivity (Wildman–Crippen MR) is 55.4 cm³/mol. The molecule has 0 spiro atoms. The second-order valence-electron chi connectivity index (χ2n) is 3.15. The summed E-state index contributed by atoms with van der Waals surface area (Å²) in [4.78, 5) is 0. The van der Waals surface area contributed by atoms with Gasteiger partial charge in [0, 0.05) is 6.04 Å². The van der Waals surface area contributed by atoms with E-state index in [1.165, 1.54) is 0 Å². The lowest BCUT2D eigenvalue weighted by Gasteiger charge is -2.08. The summed E-state index contributed by atoms with van der Waals surface area (Å²) in [7, 11) is 1.61. The minimum atomic E-state index is 0.158. The van der Waals surface area contributed by atoms with Crippen LogP contribution in [0.3, 0.4) is 0 Å². The van der Waals surface area contributed by atoms with Gasteiger partial charge in [-0.15, -0.1) is 0 Å². The highest BCUT2D eigenvalue weighted by Crippen LogP contribution is 2.25. The van der Waals surface area contributed by atoms with E-state index in [-0.39, 0.29) is 6.04 Å². The molecule has 0 aliphatic carbocycles. The number of methoxy groups -OCH3 is 1. The average molecular weight is 200 g/mol. The van der Waals surface area contributed by atoms with Gasteiger partial charge in [0.05, 0.1) is 12.1 Å². The molecule has 0 aromatic heterocycles. The van der Waals surface area contributed by atoms with Gasteiger partial charge in [-0.3, -0.25) is 0 Å². The minimum Gasteiger partial charge on any atom is -0.495 e. The molecule has 0 amide bonds. The summed E-state index contributed by atoms with van der Waals surface area (Å²) < 4.78 is 5.09. The van der Waals surface area contributed by atoms with Crippen LogP contribution >= 0.6 is 11.6 Å². The predicted octanol–water partition coefficient (Wildman–Crippen LogP) is 2.24. The Morgan fingerprint density at radius 2 is 2.23 bits per heavy atom. The van der Waals surface area contributed by atoms with E-state index >= 15 is 0 Å². The molecule has 13 heavy (non-hydrogen) atoms. The second-order valence-corrected chi connectivity index (χ2v) is 3.56. The molecule has 1 aromatic carbocycles. The highest BCUT2D eigenvalue weighted by molar-refractivity contribution is 6.32. The Bertz CT molecular complexity index is 286. The summed E-state index contributed by atoms with van der Waals surface area (Å²) in [5.74, 6) is 0.708. The lowest BCUT2D eigenvalue weighted by Crippen LogP contribution is -2.17. The van der Waals surface area contributed by atoms with Crippen molar-refractivity contribution in [1.82, 2.24) is 0 Å². The number of hydrogen-bond donors (Lipinski definition) is 1. The molecule has 0 aliphatic heterocycles. The Morgan fingerprint density at radius 3 is 2.77 bits per heavy atom. The Morgan fingerprint density at radius 1 is 1.54 bits per heavy atom. The Hall–Kier alpha value is -0.730. The third-order valence-corrected chi connectivity index (χ3v) is 2.09. The molecule has 0 saturated carbocycles. The zero-order valence-electron chi connectivity index (χ0n) is 7.88. The van der Waals surface area contributed by atoms with Crippen LogP contribution in [0.5, 0.6) is 5.75 Å². The van der Waals surface area contributed by atoms with Crippen molar-refractivity contribution in [1.29, 1.82) is 0 Å². The molecule has 1 atom stereocenters. The van der Waals surface area contributed by atoms with Gasteiger partial charge in [0.25, 0.3) is 0 Å². The Labute approximate surface area is 83.6 Å². The van der Waals surface area contributed by atoms with E-state index in [0.717, 1.165) is 12.0 Å². The van der Waals surface area contributed by atoms with Crippen LogP contribution in [0.1, 0.15) is 12.5 Å². The van der Waals surface area contributed by atoms with Crippen LogP contribution in [0.2, 0.25) is 5.02 Å². The molecule has 3 heteroatoms. The van der Waals surface area contributed by atoms with Gasteiger partial charge in [0.1, 0.15) is 5.75 Å². The Balaban J connectivity index is 2.86. The fourth-order valence-electron chi connectivity index (χ4n) is 1.20. The number of ether oxygens (including phenoxy) is 1. The highest BCUT2D eigenvalue weighted by atomic mass is 35.5. The van der Waals surface area contributed by atoms with E-state index in [4.69, 9.17) is 22.1 Å². The van der Waals surface area contributed by atoms with Crippen molar-refractivity contribution < 1.29 is 4.74 Å². The van der Waals surface area contributed by atoms with Crippen LogP contribution in [-0.4, -0.2) is 13.2 Å². The van der Waals surface area contributed by atoms with Gasteiger partial charge in [-0.1, -0.05) is 17.7 Å². The molecular weight excluding hydrogens is 186 g/mol. The van der Waals surface area contributed by atoms with Crippen molar-refractivity contribution in [3.8, 4) is 5.75 Å². The third-order valence-electron chi connectivity index (χ3n) is 1.77. The molecule has 0 aliphatic rings. The van der Waals surface area contributed by atoms with E-state index in [9.17, 15) is 0 Å². The maximum Gasteiger partial charge on any atom is 0.137 e. The molecule has 1 aromatic rings. The van der Waals surface area contributed by atoms with E-state index in [1.54, 1.807) is 7.11 Å². The van der Waals surface area contributed by atoms with Crippen molar-refractivity contribution in [2.75, 3.05) is 7.11 Å².